The molecule has 0 radical (unpaired) electrons. The summed E-state index contributed by atoms with van der Waals surface area (Å²) in [7, 11) is -3.17. The van der Waals surface area contributed by atoms with Crippen LogP contribution < -0.4 is 0 Å². The fourth-order valence-electron chi connectivity index (χ4n) is 3.10. The Kier molecular flexibility index (Phi) is 3.57. The number of allylic oxidation sites excluding steroid dienone is 3. The van der Waals surface area contributed by atoms with Crippen LogP contribution in [0.4, 0.5) is 0 Å². The highest BCUT2D eigenvalue weighted by Gasteiger charge is 2.19. The number of hydrogen-bond donors (Lipinski definition) is 0. The Labute approximate surface area is 141 Å². The number of benzene rings is 1. The van der Waals surface area contributed by atoms with E-state index >= 15 is 0 Å². The van der Waals surface area contributed by atoms with Crippen LogP contribution in [0.25, 0.3) is 5.69 Å². The summed E-state index contributed by atoms with van der Waals surface area (Å²) >= 11 is 0. The van der Waals surface area contributed by atoms with E-state index in [1.807, 2.05) is 4.68 Å². The van der Waals surface area contributed by atoms with Crippen molar-refractivity contribution >= 4 is 9.84 Å². The predicted octanol–water partition coefficient (Wildman–Crippen LogP) is 2.13. The summed E-state index contributed by atoms with van der Waals surface area (Å²) in [6, 6.07) is 6.88. The van der Waals surface area contributed by atoms with Gasteiger partial charge >= 0.3 is 0 Å². The molecule has 24 heavy (non-hydrogen) atoms. The summed E-state index contributed by atoms with van der Waals surface area (Å²) in [6.45, 7) is 1.98. The van der Waals surface area contributed by atoms with E-state index in [-0.39, 0.29) is 0 Å². The SMILES string of the molecule is CS(=O)(=O)c1ccc(-n2cc3c(n2)CCN(C2=CC=C2)CC3)cc1. The van der Waals surface area contributed by atoms with Gasteiger partial charge in [0, 0.05) is 37.7 Å². The lowest BCUT2D eigenvalue weighted by Crippen LogP contribution is -2.26. The van der Waals surface area contributed by atoms with E-state index in [2.05, 4.69) is 29.3 Å². The second-order valence-corrected chi connectivity index (χ2v) is 8.27. The van der Waals surface area contributed by atoms with Gasteiger partial charge in [-0.1, -0.05) is 6.08 Å². The Morgan fingerprint density at radius 3 is 2.42 bits per heavy atom. The van der Waals surface area contributed by atoms with Crippen molar-refractivity contribution in [2.24, 2.45) is 0 Å². The van der Waals surface area contributed by atoms with Crippen molar-refractivity contribution in [2.75, 3.05) is 19.3 Å². The summed E-state index contributed by atoms with van der Waals surface area (Å²) in [5.74, 6) is 0. The molecule has 0 N–H and O–H groups in total. The first-order valence-corrected chi connectivity index (χ1v) is 9.91. The van der Waals surface area contributed by atoms with E-state index in [9.17, 15) is 8.42 Å². The largest absolute Gasteiger partial charge is 0.371 e. The van der Waals surface area contributed by atoms with Gasteiger partial charge in [0.1, 0.15) is 0 Å². The molecule has 0 amide bonds. The first kappa shape index (κ1) is 15.2. The number of hydrogen-bond acceptors (Lipinski definition) is 4. The molecule has 124 valence electrons. The molecular formula is C18H19N3O2S. The van der Waals surface area contributed by atoms with Crippen molar-refractivity contribution < 1.29 is 8.42 Å². The first-order valence-electron chi connectivity index (χ1n) is 8.02. The molecule has 0 unspecified atom stereocenters. The van der Waals surface area contributed by atoms with E-state index in [4.69, 9.17) is 5.10 Å². The van der Waals surface area contributed by atoms with Gasteiger partial charge in [0.15, 0.2) is 9.84 Å². The molecule has 1 aliphatic heterocycles. The standard InChI is InChI=1S/C18H19N3O2S/c1-24(22,23)17-7-5-16(6-8-17)21-13-14-9-11-20(15-3-2-4-15)12-10-18(14)19-21/h2-8,13H,9-12H2,1H3. The molecule has 2 heterocycles. The van der Waals surface area contributed by atoms with Gasteiger partial charge in [0.05, 0.1) is 16.3 Å². The minimum absolute atomic E-state index is 0.331. The molecule has 0 saturated heterocycles. The average Bonchev–Trinajstić information content (AvgIpc) is 2.81. The monoisotopic (exact) mass is 341 g/mol. The second kappa shape index (κ2) is 5.63. The van der Waals surface area contributed by atoms with Crippen LogP contribution in [0.2, 0.25) is 0 Å². The Hall–Kier alpha value is -2.34. The van der Waals surface area contributed by atoms with Crippen molar-refractivity contribution in [3.05, 3.63) is 65.6 Å². The molecular weight excluding hydrogens is 322 g/mol. The third-order valence-electron chi connectivity index (χ3n) is 4.58. The molecule has 0 saturated carbocycles. The van der Waals surface area contributed by atoms with Crippen LogP contribution in [0.1, 0.15) is 11.3 Å². The number of aromatic nitrogens is 2. The van der Waals surface area contributed by atoms with E-state index in [1.165, 1.54) is 17.5 Å². The fourth-order valence-corrected chi connectivity index (χ4v) is 3.73. The molecule has 0 fully saturated rings. The van der Waals surface area contributed by atoms with E-state index < -0.39 is 9.84 Å². The lowest BCUT2D eigenvalue weighted by atomic mass is 10.1. The van der Waals surface area contributed by atoms with Crippen LogP contribution in [-0.4, -0.2) is 42.4 Å². The maximum Gasteiger partial charge on any atom is 0.175 e. The minimum atomic E-state index is -3.17. The van der Waals surface area contributed by atoms with Crippen LogP contribution in [0, 0.1) is 0 Å². The molecule has 4 rings (SSSR count). The third-order valence-corrected chi connectivity index (χ3v) is 5.70. The van der Waals surface area contributed by atoms with Crippen molar-refractivity contribution in [3.8, 4) is 5.69 Å². The smallest absolute Gasteiger partial charge is 0.175 e. The predicted molar refractivity (Wildman–Crippen MR) is 92.9 cm³/mol. The van der Waals surface area contributed by atoms with Gasteiger partial charge in [-0.25, -0.2) is 13.1 Å². The lowest BCUT2D eigenvalue weighted by Gasteiger charge is -2.26. The van der Waals surface area contributed by atoms with E-state index in [1.54, 1.807) is 24.3 Å². The van der Waals surface area contributed by atoms with Gasteiger partial charge in [-0.15, -0.1) is 0 Å². The Bertz CT molecular complexity index is 912. The van der Waals surface area contributed by atoms with Crippen LogP contribution in [0.15, 0.2) is 59.3 Å². The highest BCUT2D eigenvalue weighted by molar-refractivity contribution is 7.90. The quantitative estimate of drug-likeness (QED) is 0.858. The zero-order valence-corrected chi connectivity index (χ0v) is 14.3. The van der Waals surface area contributed by atoms with Crippen molar-refractivity contribution in [2.45, 2.75) is 17.7 Å². The van der Waals surface area contributed by atoms with Crippen LogP contribution >= 0.6 is 0 Å². The van der Waals surface area contributed by atoms with E-state index in [0.717, 1.165) is 37.3 Å². The number of sulfone groups is 1. The van der Waals surface area contributed by atoms with Crippen LogP contribution in [0.5, 0.6) is 0 Å². The van der Waals surface area contributed by atoms with Crippen LogP contribution in [-0.2, 0) is 22.7 Å². The number of nitrogens with zero attached hydrogens (tertiary/aromatic N) is 3. The molecule has 5 nitrogen and oxygen atoms in total. The minimum Gasteiger partial charge on any atom is -0.371 e. The van der Waals surface area contributed by atoms with E-state index in [0.29, 0.717) is 4.90 Å². The maximum absolute atomic E-state index is 11.6. The highest BCUT2D eigenvalue weighted by atomic mass is 32.2. The Morgan fingerprint density at radius 1 is 1.08 bits per heavy atom. The van der Waals surface area contributed by atoms with Gasteiger partial charge in [-0.05, 0) is 48.4 Å². The summed E-state index contributed by atoms with van der Waals surface area (Å²) in [6.07, 6.45) is 11.5. The molecule has 0 spiro atoms. The molecule has 0 atom stereocenters. The molecule has 6 heteroatoms. The maximum atomic E-state index is 11.6. The Morgan fingerprint density at radius 2 is 1.79 bits per heavy atom. The summed E-state index contributed by atoms with van der Waals surface area (Å²) < 4.78 is 25.0. The molecule has 2 aromatic rings. The highest BCUT2D eigenvalue weighted by Crippen LogP contribution is 2.22. The second-order valence-electron chi connectivity index (χ2n) is 6.25. The normalized spacial score (nSPS) is 17.0. The molecule has 2 aliphatic rings. The molecule has 1 aromatic carbocycles. The van der Waals surface area contributed by atoms with Gasteiger partial charge in [0.25, 0.3) is 0 Å². The lowest BCUT2D eigenvalue weighted by molar-refractivity contribution is 0.368. The fraction of sp³-hybridized carbons (Fsp3) is 0.278. The Balaban J connectivity index is 1.55. The number of rotatable bonds is 3. The first-order chi connectivity index (χ1) is 11.5. The van der Waals surface area contributed by atoms with Crippen molar-refractivity contribution in [3.63, 3.8) is 0 Å². The average molecular weight is 341 g/mol. The summed E-state index contributed by atoms with van der Waals surface area (Å²) in [4.78, 5) is 2.73. The zero-order chi connectivity index (χ0) is 16.7. The third kappa shape index (κ3) is 2.78. The van der Waals surface area contributed by atoms with Gasteiger partial charge in [-0.3, -0.25) is 0 Å². The van der Waals surface area contributed by atoms with Crippen molar-refractivity contribution in [1.29, 1.82) is 0 Å². The van der Waals surface area contributed by atoms with Crippen molar-refractivity contribution in [1.82, 2.24) is 14.7 Å². The number of fused-ring (bicyclic) bond motifs is 1. The van der Waals surface area contributed by atoms with Crippen LogP contribution in [0.3, 0.4) is 0 Å². The molecule has 0 bridgehead atoms. The van der Waals surface area contributed by atoms with Gasteiger partial charge < -0.3 is 4.90 Å². The molecule has 1 aromatic heterocycles. The van der Waals surface area contributed by atoms with Gasteiger partial charge in [0.2, 0.25) is 0 Å². The van der Waals surface area contributed by atoms with Gasteiger partial charge in [-0.2, -0.15) is 5.10 Å². The summed E-state index contributed by atoms with van der Waals surface area (Å²) in [5.41, 5.74) is 4.60. The summed E-state index contributed by atoms with van der Waals surface area (Å²) in [5, 5.41) is 4.71. The zero-order valence-electron chi connectivity index (χ0n) is 13.5. The molecule has 1 aliphatic carbocycles. The topological polar surface area (TPSA) is 55.2 Å².